The lowest BCUT2D eigenvalue weighted by Gasteiger charge is -2.56. The van der Waals surface area contributed by atoms with Crippen molar-refractivity contribution < 1.29 is 34.4 Å². The topological polar surface area (TPSA) is 173 Å². The van der Waals surface area contributed by atoms with Gasteiger partial charge < -0.3 is 51.4 Å². The largest absolute Gasteiger partial charge is 0.508 e. The number of benzene rings is 4. The second kappa shape index (κ2) is 26.0. The molecular weight excluding hydrogens is 1170 g/mol. The Morgan fingerprint density at radius 3 is 2.50 bits per heavy atom. The van der Waals surface area contributed by atoms with Crippen molar-refractivity contribution >= 4 is 17.5 Å². The van der Waals surface area contributed by atoms with Crippen LogP contribution < -0.4 is 26.6 Å². The van der Waals surface area contributed by atoms with Crippen LogP contribution in [0.1, 0.15) is 176 Å². The Bertz CT molecular complexity index is 3760. The number of cyclic esters (lactones) is 1. The summed E-state index contributed by atoms with van der Waals surface area (Å²) in [5, 5.41) is 56.9. The molecule has 7 aliphatic carbocycles. The molecule has 8 N–H and O–H groups in total. The van der Waals surface area contributed by atoms with Gasteiger partial charge in [-0.2, -0.15) is 0 Å². The zero-order valence-electron chi connectivity index (χ0n) is 56.1. The zero-order valence-corrected chi connectivity index (χ0v) is 56.1. The lowest BCUT2D eigenvalue weighted by molar-refractivity contribution is -0.135. The number of phenols is 1. The number of allylic oxidation sites excluding steroid dienone is 5. The van der Waals surface area contributed by atoms with E-state index in [0.717, 1.165) is 174 Å². The van der Waals surface area contributed by atoms with Crippen LogP contribution in [0.15, 0.2) is 131 Å². The molecule has 4 aromatic rings. The first-order valence-electron chi connectivity index (χ1n) is 36.6. The maximum Gasteiger partial charge on any atom is 0.340 e. The number of carbonyl (C=O) groups excluding carboxylic acids is 2. The molecule has 6 fully saturated rings. The van der Waals surface area contributed by atoms with Crippen LogP contribution in [0, 0.1) is 81.8 Å². The minimum Gasteiger partial charge on any atom is -0.508 e. The fourth-order valence-electron chi connectivity index (χ4n) is 21.4. The van der Waals surface area contributed by atoms with E-state index in [2.05, 4.69) is 144 Å². The van der Waals surface area contributed by atoms with Crippen molar-refractivity contribution in [3.8, 4) is 28.7 Å². The smallest absolute Gasteiger partial charge is 0.340 e. The second-order valence-electron chi connectivity index (χ2n) is 31.2. The summed E-state index contributed by atoms with van der Waals surface area (Å²) >= 11 is 0. The maximum absolute atomic E-state index is 15.7. The fraction of sp³-hybridized carbons (Fsp3) is 0.561. The highest BCUT2D eigenvalue weighted by atomic mass is 16.6. The molecule has 2 saturated heterocycles. The van der Waals surface area contributed by atoms with Gasteiger partial charge in [0.05, 0.1) is 34.3 Å². The summed E-state index contributed by atoms with van der Waals surface area (Å²) in [4.78, 5) is 31.2. The van der Waals surface area contributed by atoms with Gasteiger partial charge in [0, 0.05) is 49.2 Å². The number of hydrogen-bond acceptors (Lipinski definition) is 12. The lowest BCUT2D eigenvalue weighted by atomic mass is 9.44. The third-order valence-corrected chi connectivity index (χ3v) is 25.7. The molecule has 496 valence electrons. The Labute approximate surface area is 558 Å². The highest BCUT2D eigenvalue weighted by Gasteiger charge is 2.69. The van der Waals surface area contributed by atoms with E-state index in [1.807, 2.05) is 19.1 Å². The van der Waals surface area contributed by atoms with E-state index in [1.165, 1.54) is 22.3 Å². The Kier molecular flexibility index (Phi) is 17.7. The van der Waals surface area contributed by atoms with Crippen LogP contribution in [0.25, 0.3) is 16.7 Å². The molecule has 1 spiro atoms. The van der Waals surface area contributed by atoms with Gasteiger partial charge in [-0.3, -0.25) is 0 Å². The molecule has 12 nitrogen and oxygen atoms in total. The predicted molar refractivity (Wildman–Crippen MR) is 369 cm³/mol. The summed E-state index contributed by atoms with van der Waals surface area (Å²) in [5.41, 5.74) is 9.14. The predicted octanol–water partition coefficient (Wildman–Crippen LogP) is 13.2. The van der Waals surface area contributed by atoms with E-state index >= 15 is 9.59 Å². The van der Waals surface area contributed by atoms with Gasteiger partial charge in [0.25, 0.3) is 0 Å². The molecule has 4 aromatic carbocycles. The number of rotatable bonds is 10. The van der Waals surface area contributed by atoms with E-state index in [4.69, 9.17) is 9.47 Å². The Morgan fingerprint density at radius 2 is 1.65 bits per heavy atom. The van der Waals surface area contributed by atoms with Crippen molar-refractivity contribution in [2.24, 2.45) is 70.0 Å². The summed E-state index contributed by atoms with van der Waals surface area (Å²) in [7, 11) is 2.08. The molecule has 14 bridgehead atoms. The average Bonchev–Trinajstić information content (AvgIpc) is 1.39. The SMILES string of the molecule is CCCNCc1cc2cc(c1)C1NCC(C)(O)CC#CC3C(CCC4CCCCC43O)C3CC(C4CCNC(NC)C4)(CC=C4OC(=O)C5=C4CCC4C6CCC7(C(=CC(CC)Cc8ccccc8)OC(=O)C7=C6c6cc(O)ccc6-c6cccc(c6)CNCC2)C54)CC13. The first kappa shape index (κ1) is 63.9. The molecule has 6 aliphatic heterocycles. The first-order chi connectivity index (χ1) is 45.7. The first-order valence-corrected chi connectivity index (χ1v) is 36.6. The van der Waals surface area contributed by atoms with Gasteiger partial charge in [-0.05, 0) is 276 Å². The average molecular weight is 1270 g/mol. The molecule has 94 heavy (non-hydrogen) atoms. The van der Waals surface area contributed by atoms with Crippen LogP contribution in [0.3, 0.4) is 0 Å². The van der Waals surface area contributed by atoms with Crippen molar-refractivity contribution in [3.05, 3.63) is 165 Å². The summed E-state index contributed by atoms with van der Waals surface area (Å²) in [5.74, 6) is 8.73. The van der Waals surface area contributed by atoms with Gasteiger partial charge in [-0.1, -0.05) is 111 Å². The van der Waals surface area contributed by atoms with E-state index in [9.17, 15) is 15.3 Å². The number of nitrogens with one attached hydrogen (secondary N) is 5. The number of carbonyl (C=O) groups is 2. The highest BCUT2D eigenvalue weighted by Crippen LogP contribution is 2.73. The summed E-state index contributed by atoms with van der Waals surface area (Å²) in [6, 6.07) is 32.2. The number of esters is 2. The van der Waals surface area contributed by atoms with Crippen LogP contribution in [0.4, 0.5) is 0 Å². The van der Waals surface area contributed by atoms with Crippen molar-refractivity contribution in [2.75, 3.05) is 33.2 Å². The number of β-amino-alcohol motifs (C(OH)–C–C–N with tert-alkyl or cyclic N) is 1. The molecule has 6 heterocycles. The molecule has 0 amide bonds. The van der Waals surface area contributed by atoms with Crippen LogP contribution in [-0.4, -0.2) is 77.9 Å². The summed E-state index contributed by atoms with van der Waals surface area (Å²) < 4.78 is 13.8. The Morgan fingerprint density at radius 1 is 0.777 bits per heavy atom. The molecule has 16 atom stereocenters. The van der Waals surface area contributed by atoms with E-state index < -0.39 is 16.6 Å². The van der Waals surface area contributed by atoms with Crippen LogP contribution in [0.2, 0.25) is 0 Å². The normalized spacial score (nSPS) is 36.0. The number of ether oxygens (including phenoxy) is 2. The van der Waals surface area contributed by atoms with E-state index in [1.54, 1.807) is 6.07 Å². The molecule has 0 radical (unpaired) electrons. The van der Waals surface area contributed by atoms with E-state index in [0.29, 0.717) is 55.4 Å². The third kappa shape index (κ3) is 11.5. The fourth-order valence-corrected chi connectivity index (χ4v) is 21.4. The van der Waals surface area contributed by atoms with E-state index in [-0.39, 0.29) is 88.6 Å². The van der Waals surface area contributed by atoms with Crippen molar-refractivity contribution in [1.29, 1.82) is 0 Å². The molecule has 13 aliphatic rings. The van der Waals surface area contributed by atoms with Gasteiger partial charge in [0.15, 0.2) is 0 Å². The number of aliphatic hydroxyl groups is 2. The molecule has 0 aromatic heterocycles. The number of fused-ring (bicyclic) bond motifs is 9. The minimum absolute atomic E-state index is 0.00404. The van der Waals surface area contributed by atoms with Crippen molar-refractivity contribution in [2.45, 2.75) is 186 Å². The Balaban J connectivity index is 0.928. The highest BCUT2D eigenvalue weighted by molar-refractivity contribution is 6.07. The molecule has 17 rings (SSSR count). The minimum atomic E-state index is -1.12. The molecule has 4 saturated carbocycles. The van der Waals surface area contributed by atoms with Crippen molar-refractivity contribution in [1.82, 2.24) is 26.6 Å². The van der Waals surface area contributed by atoms with Gasteiger partial charge in [0.1, 0.15) is 17.3 Å². The van der Waals surface area contributed by atoms with Gasteiger partial charge in [-0.15, -0.1) is 0 Å². The zero-order chi connectivity index (χ0) is 64.5. The number of aromatic hydroxyl groups is 1. The van der Waals surface area contributed by atoms with Crippen LogP contribution in [0.5, 0.6) is 5.75 Å². The molecule has 12 heteroatoms. The molecular formula is C82H101N5O7. The monoisotopic (exact) mass is 1270 g/mol. The number of piperidine rings is 1. The van der Waals surface area contributed by atoms with Crippen LogP contribution in [-0.2, 0) is 45.0 Å². The summed E-state index contributed by atoms with van der Waals surface area (Å²) in [6.07, 6.45) is 22.0. The number of phenolic OH excluding ortho intramolecular Hbond substituents is 1. The lowest BCUT2D eigenvalue weighted by Crippen LogP contribution is -2.54. The maximum atomic E-state index is 15.7. The van der Waals surface area contributed by atoms with Crippen LogP contribution >= 0.6 is 0 Å². The summed E-state index contributed by atoms with van der Waals surface area (Å²) in [6.45, 7) is 10.7. The quantitative estimate of drug-likeness (QED) is 0.0430. The second-order valence-corrected chi connectivity index (χ2v) is 31.2. The molecule has 16 unspecified atom stereocenters. The van der Waals surface area contributed by atoms with Gasteiger partial charge in [-0.25, -0.2) is 9.59 Å². The van der Waals surface area contributed by atoms with Gasteiger partial charge in [0.2, 0.25) is 0 Å². The third-order valence-electron chi connectivity index (χ3n) is 25.7. The van der Waals surface area contributed by atoms with Crippen molar-refractivity contribution in [3.63, 3.8) is 0 Å². The standard InChI is InChI=1S/C82H101N5O7/c1-5-34-84-48-54-38-52-28-35-85-47-53-16-12-17-55(40-53)60-23-21-59(88)44-65(60)72-62-26-33-81(70(94-78(90)75(72)81)42-50(6-2)37-51-14-8-7-9-15-51)74-63(62)24-25-64-69(93-77(89)73(64)74)27-32-80(58-29-36-86-71(43-58)83-4)45-66-61-22-20-57-18-10-11-31-82(57,92)68(61)19-13-30-79(3,91)49-87-76(67(66)46-80)56(39-52)41-54/h7-9,12,14-17,21,23,27,38-42,44,50,57-58,61-63,66-68,71,74,76,83-88,91-92H,5-6,10-11,18,20,22,24-26,28-37,43,45-49H2,1-4H3. The van der Waals surface area contributed by atoms with Gasteiger partial charge >= 0.3 is 11.9 Å². The number of hydrogen-bond donors (Lipinski definition) is 8. The Hall–Kier alpha value is -6.14.